The summed E-state index contributed by atoms with van der Waals surface area (Å²) in [5, 5.41) is 14.4. The molecule has 0 heterocycles. The number of hydrogen-bond donors (Lipinski definition) is 3. The molecule has 0 bridgehead atoms. The lowest BCUT2D eigenvalue weighted by molar-refractivity contribution is 0.194. The maximum absolute atomic E-state index is 10.3. The van der Waals surface area contributed by atoms with Gasteiger partial charge in [-0.25, -0.2) is 4.79 Å². The van der Waals surface area contributed by atoms with Gasteiger partial charge in [-0.05, 0) is 24.1 Å². The van der Waals surface area contributed by atoms with Crippen molar-refractivity contribution in [3.8, 4) is 0 Å². The quantitative estimate of drug-likeness (QED) is 0.740. The van der Waals surface area contributed by atoms with Crippen LogP contribution >= 0.6 is 11.6 Å². The Morgan fingerprint density at radius 3 is 2.87 bits per heavy atom. The molecule has 1 rings (SSSR count). The largest absolute Gasteiger partial charge is 0.465 e. The molecule has 1 aromatic rings. The van der Waals surface area contributed by atoms with E-state index in [9.17, 15) is 4.79 Å². The third kappa shape index (κ3) is 3.67. The summed E-state index contributed by atoms with van der Waals surface area (Å²) >= 11 is 5.83. The molecule has 4 nitrogen and oxygen atoms in total. The second kappa shape index (κ2) is 5.46. The zero-order chi connectivity index (χ0) is 11.3. The van der Waals surface area contributed by atoms with Crippen molar-refractivity contribution in [3.05, 3.63) is 28.8 Å². The van der Waals surface area contributed by atoms with Crippen LogP contribution in [-0.4, -0.2) is 24.8 Å². The molecule has 5 heteroatoms. The number of carboxylic acid groups (broad SMARTS) is 1. The third-order valence-electron chi connectivity index (χ3n) is 2.01. The van der Waals surface area contributed by atoms with E-state index < -0.39 is 6.09 Å². The van der Waals surface area contributed by atoms with Crippen LogP contribution in [0.15, 0.2) is 18.2 Å². The second-order valence-corrected chi connectivity index (χ2v) is 3.47. The predicted molar refractivity (Wildman–Crippen MR) is 60.7 cm³/mol. The van der Waals surface area contributed by atoms with Crippen molar-refractivity contribution in [1.29, 1.82) is 0 Å². The van der Waals surface area contributed by atoms with Crippen molar-refractivity contribution in [2.75, 3.05) is 18.9 Å². The van der Waals surface area contributed by atoms with Gasteiger partial charge in [0.05, 0.1) is 0 Å². The SMILES string of the molecule is CNc1cc(Cl)ccc1CCNC(=O)O. The topological polar surface area (TPSA) is 61.4 Å². The van der Waals surface area contributed by atoms with E-state index in [1.807, 2.05) is 12.1 Å². The standard InChI is InChI=1S/C10H13ClN2O2/c1-12-9-6-8(11)3-2-7(9)4-5-13-10(14)15/h2-3,6,12-13H,4-5H2,1H3,(H,14,15). The van der Waals surface area contributed by atoms with E-state index >= 15 is 0 Å². The predicted octanol–water partition coefficient (Wildman–Crippen LogP) is 2.19. The molecule has 0 atom stereocenters. The molecule has 1 amide bonds. The zero-order valence-electron chi connectivity index (χ0n) is 8.38. The first-order chi connectivity index (χ1) is 7.13. The molecule has 0 aliphatic rings. The minimum atomic E-state index is -1.00. The van der Waals surface area contributed by atoms with Crippen molar-refractivity contribution in [3.63, 3.8) is 0 Å². The van der Waals surface area contributed by atoms with E-state index in [4.69, 9.17) is 16.7 Å². The van der Waals surface area contributed by atoms with Crippen LogP contribution in [0.4, 0.5) is 10.5 Å². The molecule has 0 saturated heterocycles. The van der Waals surface area contributed by atoms with Gasteiger partial charge in [-0.3, -0.25) is 0 Å². The number of amides is 1. The maximum Gasteiger partial charge on any atom is 0.404 e. The van der Waals surface area contributed by atoms with E-state index in [-0.39, 0.29) is 0 Å². The molecule has 0 spiro atoms. The minimum absolute atomic E-state index is 0.394. The summed E-state index contributed by atoms with van der Waals surface area (Å²) in [4.78, 5) is 10.3. The molecular weight excluding hydrogens is 216 g/mol. The number of anilines is 1. The fourth-order valence-corrected chi connectivity index (χ4v) is 1.48. The van der Waals surface area contributed by atoms with Crippen molar-refractivity contribution in [2.45, 2.75) is 6.42 Å². The zero-order valence-corrected chi connectivity index (χ0v) is 9.14. The average Bonchev–Trinajstić information content (AvgIpc) is 2.19. The number of hydrogen-bond acceptors (Lipinski definition) is 2. The minimum Gasteiger partial charge on any atom is -0.465 e. The highest BCUT2D eigenvalue weighted by atomic mass is 35.5. The first-order valence-corrected chi connectivity index (χ1v) is 4.94. The van der Waals surface area contributed by atoms with Gasteiger partial charge in [0, 0.05) is 24.3 Å². The Kier molecular flexibility index (Phi) is 4.24. The highest BCUT2D eigenvalue weighted by molar-refractivity contribution is 6.30. The first-order valence-electron chi connectivity index (χ1n) is 4.56. The fourth-order valence-electron chi connectivity index (χ4n) is 1.30. The normalized spacial score (nSPS) is 9.73. The van der Waals surface area contributed by atoms with E-state index in [2.05, 4.69) is 10.6 Å². The van der Waals surface area contributed by atoms with Crippen molar-refractivity contribution >= 4 is 23.4 Å². The van der Waals surface area contributed by atoms with Crippen LogP contribution in [-0.2, 0) is 6.42 Å². The third-order valence-corrected chi connectivity index (χ3v) is 2.25. The van der Waals surface area contributed by atoms with Gasteiger partial charge >= 0.3 is 6.09 Å². The van der Waals surface area contributed by atoms with Crippen molar-refractivity contribution in [1.82, 2.24) is 5.32 Å². The summed E-state index contributed by atoms with van der Waals surface area (Å²) in [6, 6.07) is 5.49. The Bertz CT molecular complexity index is 355. The summed E-state index contributed by atoms with van der Waals surface area (Å²) in [5.74, 6) is 0. The smallest absolute Gasteiger partial charge is 0.404 e. The van der Waals surface area contributed by atoms with E-state index in [0.29, 0.717) is 18.0 Å². The van der Waals surface area contributed by atoms with Gasteiger partial charge in [0.1, 0.15) is 0 Å². The van der Waals surface area contributed by atoms with Crippen LogP contribution in [0.5, 0.6) is 0 Å². The average molecular weight is 229 g/mol. The molecule has 0 unspecified atom stereocenters. The van der Waals surface area contributed by atoms with Crippen LogP contribution in [0, 0.1) is 0 Å². The number of benzene rings is 1. The van der Waals surface area contributed by atoms with Crippen LogP contribution in [0.1, 0.15) is 5.56 Å². The van der Waals surface area contributed by atoms with Gasteiger partial charge in [0.25, 0.3) is 0 Å². The highest BCUT2D eigenvalue weighted by Crippen LogP contribution is 2.20. The Balaban J connectivity index is 2.63. The van der Waals surface area contributed by atoms with Gasteiger partial charge in [-0.1, -0.05) is 17.7 Å². The molecule has 3 N–H and O–H groups in total. The van der Waals surface area contributed by atoms with Crippen LogP contribution < -0.4 is 10.6 Å². The number of nitrogens with one attached hydrogen (secondary N) is 2. The summed E-state index contributed by atoms with van der Waals surface area (Å²) in [6.45, 7) is 0.394. The van der Waals surface area contributed by atoms with E-state index in [0.717, 1.165) is 11.3 Å². The molecule has 82 valence electrons. The van der Waals surface area contributed by atoms with E-state index in [1.165, 1.54) is 0 Å². The summed E-state index contributed by atoms with van der Waals surface area (Å²) in [5.41, 5.74) is 1.96. The second-order valence-electron chi connectivity index (χ2n) is 3.03. The van der Waals surface area contributed by atoms with Crippen LogP contribution in [0.3, 0.4) is 0 Å². The molecule has 0 aromatic heterocycles. The number of carbonyl (C=O) groups is 1. The van der Waals surface area contributed by atoms with E-state index in [1.54, 1.807) is 13.1 Å². The Hall–Kier alpha value is -1.42. The van der Waals surface area contributed by atoms with Gasteiger partial charge in [-0.15, -0.1) is 0 Å². The van der Waals surface area contributed by atoms with Gasteiger partial charge < -0.3 is 15.7 Å². The molecule has 0 aliphatic carbocycles. The lowest BCUT2D eigenvalue weighted by atomic mass is 10.1. The first kappa shape index (κ1) is 11.7. The molecular formula is C10H13ClN2O2. The van der Waals surface area contributed by atoms with Crippen molar-refractivity contribution < 1.29 is 9.90 Å². The Morgan fingerprint density at radius 1 is 1.53 bits per heavy atom. The number of rotatable bonds is 4. The van der Waals surface area contributed by atoms with Gasteiger partial charge in [0.15, 0.2) is 0 Å². The number of halogens is 1. The maximum atomic E-state index is 10.3. The Morgan fingerprint density at radius 2 is 2.27 bits per heavy atom. The van der Waals surface area contributed by atoms with Crippen LogP contribution in [0.25, 0.3) is 0 Å². The summed E-state index contributed by atoms with van der Waals surface area (Å²) in [6.07, 6.45) is -0.366. The molecule has 15 heavy (non-hydrogen) atoms. The monoisotopic (exact) mass is 228 g/mol. The van der Waals surface area contributed by atoms with Gasteiger partial charge in [-0.2, -0.15) is 0 Å². The highest BCUT2D eigenvalue weighted by Gasteiger charge is 2.02. The lowest BCUT2D eigenvalue weighted by Crippen LogP contribution is -2.23. The molecule has 0 fully saturated rings. The molecule has 0 aliphatic heterocycles. The Labute approximate surface area is 93.2 Å². The molecule has 0 saturated carbocycles. The van der Waals surface area contributed by atoms with Gasteiger partial charge in [0.2, 0.25) is 0 Å². The van der Waals surface area contributed by atoms with Crippen LogP contribution in [0.2, 0.25) is 5.02 Å². The summed E-state index contributed by atoms with van der Waals surface area (Å²) < 4.78 is 0. The molecule has 0 radical (unpaired) electrons. The summed E-state index contributed by atoms with van der Waals surface area (Å²) in [7, 11) is 1.81. The van der Waals surface area contributed by atoms with Crippen molar-refractivity contribution in [2.24, 2.45) is 0 Å². The molecule has 1 aromatic carbocycles. The lowest BCUT2D eigenvalue weighted by Gasteiger charge is -2.09. The fraction of sp³-hybridized carbons (Fsp3) is 0.300.